The zero-order chi connectivity index (χ0) is 21.6. The van der Waals surface area contributed by atoms with Gasteiger partial charge in [0.15, 0.2) is 11.6 Å². The second-order valence-corrected chi connectivity index (χ2v) is 7.65. The van der Waals surface area contributed by atoms with Gasteiger partial charge in [-0.25, -0.2) is 4.79 Å². The number of hydrogen-bond donors (Lipinski definition) is 1. The van der Waals surface area contributed by atoms with Gasteiger partial charge in [0, 0.05) is 22.3 Å². The summed E-state index contributed by atoms with van der Waals surface area (Å²) in [5.41, 5.74) is -0.480. The van der Waals surface area contributed by atoms with Crippen LogP contribution in [0.2, 0.25) is 0 Å². The number of rotatable bonds is 4. The van der Waals surface area contributed by atoms with Crippen LogP contribution in [0.25, 0.3) is 0 Å². The third-order valence-electron chi connectivity index (χ3n) is 4.14. The van der Waals surface area contributed by atoms with E-state index in [1.54, 1.807) is 6.07 Å². The zero-order valence-electron chi connectivity index (χ0n) is 14.3. The van der Waals surface area contributed by atoms with E-state index in [0.717, 1.165) is 18.2 Å². The molecule has 0 aliphatic heterocycles. The van der Waals surface area contributed by atoms with Crippen LogP contribution in [0.5, 0.6) is 0 Å². The molecule has 0 radical (unpaired) electrons. The average molecular weight is 428 g/mol. The average Bonchev–Trinajstić information content (AvgIpc) is 2.63. The Morgan fingerprint density at radius 1 is 0.966 bits per heavy atom. The molecule has 1 N–H and O–H groups in total. The van der Waals surface area contributed by atoms with Gasteiger partial charge in [-0.15, -0.1) is 0 Å². The van der Waals surface area contributed by atoms with Crippen LogP contribution in [0.15, 0.2) is 42.5 Å². The number of carbonyl (C=O) groups is 3. The first-order valence-electron chi connectivity index (χ1n) is 7.94. The number of benzene rings is 2. The second kappa shape index (κ2) is 7.08. The van der Waals surface area contributed by atoms with Gasteiger partial charge in [0.25, 0.3) is 10.1 Å². The van der Waals surface area contributed by atoms with E-state index in [1.807, 2.05) is 0 Å². The van der Waals surface area contributed by atoms with Crippen LogP contribution in [-0.4, -0.2) is 48.5 Å². The van der Waals surface area contributed by atoms with Crippen molar-refractivity contribution in [3.8, 4) is 0 Å². The monoisotopic (exact) mass is 428 g/mol. The largest absolute Gasteiger partial charge is 0.448 e. The van der Waals surface area contributed by atoms with Crippen molar-refractivity contribution >= 4 is 27.7 Å². The maximum atomic E-state index is 12.9. The van der Waals surface area contributed by atoms with Gasteiger partial charge in [-0.3, -0.25) is 14.1 Å². The summed E-state index contributed by atoms with van der Waals surface area (Å²) in [4.78, 5) is 37.2. The molecular weight excluding hydrogens is 417 g/mol. The number of ether oxygens (including phenoxy) is 1. The summed E-state index contributed by atoms with van der Waals surface area (Å²) in [6, 6.07) is 8.94. The molecular formula is C18H11F3O7S. The van der Waals surface area contributed by atoms with Crippen molar-refractivity contribution in [2.75, 3.05) is 5.75 Å². The second-order valence-electron chi connectivity index (χ2n) is 6.15. The SMILES string of the molecule is O=C(OC(CS(=O)(=O)O)C(F)(F)F)c1ccc2c(c1)C(=O)c1ccccc1C2=O. The first-order valence-corrected chi connectivity index (χ1v) is 9.55. The molecule has 0 spiro atoms. The lowest BCUT2D eigenvalue weighted by atomic mass is 9.83. The summed E-state index contributed by atoms with van der Waals surface area (Å²) >= 11 is 0. The molecule has 0 saturated carbocycles. The molecule has 1 atom stereocenters. The van der Waals surface area contributed by atoms with E-state index >= 15 is 0 Å². The number of carbonyl (C=O) groups excluding carboxylic acids is 3. The van der Waals surface area contributed by atoms with Crippen molar-refractivity contribution in [3.05, 3.63) is 70.3 Å². The molecule has 2 aromatic carbocycles. The van der Waals surface area contributed by atoms with Crippen LogP contribution >= 0.6 is 0 Å². The number of ketones is 2. The summed E-state index contributed by atoms with van der Waals surface area (Å²) in [5, 5.41) is 0. The lowest BCUT2D eigenvalue weighted by Gasteiger charge is -2.20. The van der Waals surface area contributed by atoms with Gasteiger partial charge in [0.1, 0.15) is 5.75 Å². The van der Waals surface area contributed by atoms with Crippen molar-refractivity contribution in [3.63, 3.8) is 0 Å². The highest BCUT2D eigenvalue weighted by Gasteiger charge is 2.45. The molecule has 0 bridgehead atoms. The third kappa shape index (κ3) is 4.20. The lowest BCUT2D eigenvalue weighted by molar-refractivity contribution is -0.197. The lowest BCUT2D eigenvalue weighted by Crippen LogP contribution is -2.39. The minimum atomic E-state index is -5.26. The summed E-state index contributed by atoms with van der Waals surface area (Å²) in [6.45, 7) is 0. The van der Waals surface area contributed by atoms with E-state index < -0.39 is 51.3 Å². The van der Waals surface area contributed by atoms with Crippen molar-refractivity contribution in [1.29, 1.82) is 0 Å². The van der Waals surface area contributed by atoms with E-state index in [9.17, 15) is 36.0 Å². The van der Waals surface area contributed by atoms with E-state index in [1.165, 1.54) is 18.2 Å². The highest BCUT2D eigenvalue weighted by molar-refractivity contribution is 7.85. The quantitative estimate of drug-likeness (QED) is 0.501. The Balaban J connectivity index is 1.94. The van der Waals surface area contributed by atoms with Gasteiger partial charge >= 0.3 is 12.1 Å². The van der Waals surface area contributed by atoms with Crippen LogP contribution in [0, 0.1) is 0 Å². The molecule has 0 heterocycles. The van der Waals surface area contributed by atoms with Crippen molar-refractivity contribution < 1.29 is 45.3 Å². The number of fused-ring (bicyclic) bond motifs is 2. The molecule has 1 unspecified atom stereocenters. The molecule has 11 heteroatoms. The molecule has 0 saturated heterocycles. The predicted molar refractivity (Wildman–Crippen MR) is 91.4 cm³/mol. The fourth-order valence-electron chi connectivity index (χ4n) is 2.81. The molecule has 0 aromatic heterocycles. The molecule has 152 valence electrons. The van der Waals surface area contributed by atoms with E-state index in [0.29, 0.717) is 0 Å². The molecule has 29 heavy (non-hydrogen) atoms. The van der Waals surface area contributed by atoms with E-state index in [2.05, 4.69) is 4.74 Å². The van der Waals surface area contributed by atoms with Gasteiger partial charge in [0.2, 0.25) is 6.10 Å². The highest BCUT2D eigenvalue weighted by atomic mass is 32.2. The summed E-state index contributed by atoms with van der Waals surface area (Å²) < 4.78 is 73.2. The molecule has 3 rings (SSSR count). The Morgan fingerprint density at radius 3 is 2.00 bits per heavy atom. The summed E-state index contributed by atoms with van der Waals surface area (Å²) in [7, 11) is -5.09. The Bertz CT molecular complexity index is 1140. The fourth-order valence-corrected chi connectivity index (χ4v) is 3.45. The molecule has 0 amide bonds. The summed E-state index contributed by atoms with van der Waals surface area (Å²) in [6.07, 6.45) is -8.37. The van der Waals surface area contributed by atoms with Crippen molar-refractivity contribution in [1.82, 2.24) is 0 Å². The first-order chi connectivity index (χ1) is 13.4. The third-order valence-corrected chi connectivity index (χ3v) is 4.86. The minimum Gasteiger partial charge on any atom is -0.448 e. The van der Waals surface area contributed by atoms with E-state index in [4.69, 9.17) is 4.55 Å². The van der Waals surface area contributed by atoms with Gasteiger partial charge in [-0.1, -0.05) is 24.3 Å². The minimum absolute atomic E-state index is 0.0319. The summed E-state index contributed by atoms with van der Waals surface area (Å²) in [5.74, 6) is -4.54. The number of alkyl halides is 3. The Hall–Kier alpha value is -3.05. The topological polar surface area (TPSA) is 115 Å². The van der Waals surface area contributed by atoms with Gasteiger partial charge in [-0.05, 0) is 18.2 Å². The van der Waals surface area contributed by atoms with Crippen LogP contribution in [0.3, 0.4) is 0 Å². The Labute approximate surface area is 161 Å². The fraction of sp³-hybridized carbons (Fsp3) is 0.167. The van der Waals surface area contributed by atoms with E-state index in [-0.39, 0.29) is 22.3 Å². The Kier molecular flexibility index (Phi) is 5.05. The van der Waals surface area contributed by atoms with Crippen LogP contribution < -0.4 is 0 Å². The maximum absolute atomic E-state index is 12.9. The van der Waals surface area contributed by atoms with Gasteiger partial charge in [0.05, 0.1) is 5.56 Å². The van der Waals surface area contributed by atoms with Crippen molar-refractivity contribution in [2.45, 2.75) is 12.3 Å². The molecule has 1 aliphatic rings. The highest BCUT2D eigenvalue weighted by Crippen LogP contribution is 2.29. The van der Waals surface area contributed by atoms with Crippen LogP contribution in [0.4, 0.5) is 13.2 Å². The molecule has 7 nitrogen and oxygen atoms in total. The molecule has 1 aliphatic carbocycles. The normalized spacial score (nSPS) is 14.8. The number of halogens is 3. The predicted octanol–water partition coefficient (Wildman–Crippen LogP) is 2.44. The van der Waals surface area contributed by atoms with Crippen LogP contribution in [0.1, 0.15) is 42.2 Å². The Morgan fingerprint density at radius 2 is 1.48 bits per heavy atom. The van der Waals surface area contributed by atoms with Gasteiger partial charge in [-0.2, -0.15) is 21.6 Å². The molecule has 2 aromatic rings. The standard InChI is InChI=1S/C18H11F3O7S/c19-18(20,21)14(8-29(25,26)27)28-17(24)9-5-6-12-13(7-9)16(23)11-4-2-1-3-10(11)15(12)22/h1-7,14H,8H2,(H,25,26,27). The smallest absolute Gasteiger partial charge is 0.426 e. The molecule has 0 fully saturated rings. The number of esters is 1. The van der Waals surface area contributed by atoms with Crippen LogP contribution in [-0.2, 0) is 14.9 Å². The maximum Gasteiger partial charge on any atom is 0.426 e. The van der Waals surface area contributed by atoms with Crippen molar-refractivity contribution in [2.24, 2.45) is 0 Å². The van der Waals surface area contributed by atoms with Gasteiger partial charge < -0.3 is 4.74 Å². The number of hydrogen-bond acceptors (Lipinski definition) is 6. The zero-order valence-corrected chi connectivity index (χ0v) is 15.1. The first kappa shape index (κ1) is 20.7.